The Morgan fingerprint density at radius 1 is 1.19 bits per heavy atom. The summed E-state index contributed by atoms with van der Waals surface area (Å²) in [6.07, 6.45) is 0.795. The van der Waals surface area contributed by atoms with Crippen LogP contribution < -0.4 is 5.32 Å². The molecular formula is C12H24N2O2. The number of hydrogen-bond acceptors (Lipinski definition) is 3. The number of likely N-dealkylation sites (N-methyl/N-ethyl adjacent to an activating group) is 1. The average Bonchev–Trinajstić information content (AvgIpc) is 2.12. The van der Waals surface area contributed by atoms with E-state index >= 15 is 0 Å². The van der Waals surface area contributed by atoms with E-state index in [0.717, 1.165) is 6.42 Å². The molecule has 2 atom stereocenters. The SMILES string of the molecule is CC(=O)C(C)NC(=O)C(CC(C)C)N(C)C. The Morgan fingerprint density at radius 2 is 1.69 bits per heavy atom. The van der Waals surface area contributed by atoms with Crippen LogP contribution in [0, 0.1) is 5.92 Å². The van der Waals surface area contributed by atoms with Crippen molar-refractivity contribution in [1.29, 1.82) is 0 Å². The maximum atomic E-state index is 11.9. The van der Waals surface area contributed by atoms with Crippen molar-refractivity contribution in [3.63, 3.8) is 0 Å². The molecule has 0 heterocycles. The van der Waals surface area contributed by atoms with E-state index < -0.39 is 6.04 Å². The maximum Gasteiger partial charge on any atom is 0.237 e. The van der Waals surface area contributed by atoms with Crippen LogP contribution in [0.4, 0.5) is 0 Å². The predicted octanol–water partition coefficient (Wildman–Crippen LogP) is 1.06. The summed E-state index contributed by atoms with van der Waals surface area (Å²) in [4.78, 5) is 24.9. The van der Waals surface area contributed by atoms with Gasteiger partial charge < -0.3 is 5.32 Å². The van der Waals surface area contributed by atoms with E-state index in [0.29, 0.717) is 5.92 Å². The molecule has 0 aromatic rings. The molecule has 0 fully saturated rings. The molecule has 0 bridgehead atoms. The van der Waals surface area contributed by atoms with Gasteiger partial charge in [-0.1, -0.05) is 13.8 Å². The van der Waals surface area contributed by atoms with Crippen LogP contribution in [0.5, 0.6) is 0 Å². The fourth-order valence-corrected chi connectivity index (χ4v) is 1.41. The summed E-state index contributed by atoms with van der Waals surface area (Å²) in [5, 5.41) is 2.74. The van der Waals surface area contributed by atoms with E-state index in [-0.39, 0.29) is 17.7 Å². The highest BCUT2D eigenvalue weighted by molar-refractivity contribution is 5.89. The van der Waals surface area contributed by atoms with Gasteiger partial charge in [-0.3, -0.25) is 14.5 Å². The zero-order chi connectivity index (χ0) is 12.9. The summed E-state index contributed by atoms with van der Waals surface area (Å²) in [5.74, 6) is 0.364. The molecule has 0 rings (SSSR count). The number of carbonyl (C=O) groups is 2. The third-order valence-corrected chi connectivity index (χ3v) is 2.59. The van der Waals surface area contributed by atoms with Crippen LogP contribution in [0.2, 0.25) is 0 Å². The third kappa shape index (κ3) is 5.26. The van der Waals surface area contributed by atoms with Gasteiger partial charge in [0.25, 0.3) is 0 Å². The summed E-state index contributed by atoms with van der Waals surface area (Å²) in [5.41, 5.74) is 0. The molecule has 4 nitrogen and oxygen atoms in total. The highest BCUT2D eigenvalue weighted by Crippen LogP contribution is 2.09. The number of nitrogens with one attached hydrogen (secondary N) is 1. The van der Waals surface area contributed by atoms with Crippen LogP contribution in [0.15, 0.2) is 0 Å². The second-order valence-corrected chi connectivity index (χ2v) is 4.95. The van der Waals surface area contributed by atoms with Crippen LogP contribution in [0.3, 0.4) is 0 Å². The largest absolute Gasteiger partial charge is 0.345 e. The Hall–Kier alpha value is -0.900. The van der Waals surface area contributed by atoms with E-state index in [1.807, 2.05) is 19.0 Å². The molecule has 16 heavy (non-hydrogen) atoms. The van der Waals surface area contributed by atoms with Crippen LogP contribution in [0.25, 0.3) is 0 Å². The topological polar surface area (TPSA) is 49.4 Å². The lowest BCUT2D eigenvalue weighted by Gasteiger charge is -2.26. The highest BCUT2D eigenvalue weighted by Gasteiger charge is 2.23. The highest BCUT2D eigenvalue weighted by atomic mass is 16.2. The van der Waals surface area contributed by atoms with Gasteiger partial charge in [-0.25, -0.2) is 0 Å². The van der Waals surface area contributed by atoms with E-state index in [1.165, 1.54) is 6.92 Å². The number of hydrogen-bond donors (Lipinski definition) is 1. The van der Waals surface area contributed by atoms with Crippen molar-refractivity contribution in [2.24, 2.45) is 5.92 Å². The number of nitrogens with zero attached hydrogens (tertiary/aromatic N) is 1. The van der Waals surface area contributed by atoms with E-state index in [2.05, 4.69) is 19.2 Å². The first-order valence-corrected chi connectivity index (χ1v) is 5.73. The molecule has 0 aromatic heterocycles. The summed E-state index contributed by atoms with van der Waals surface area (Å²) in [6.45, 7) is 7.36. The second kappa shape index (κ2) is 6.63. The molecule has 0 saturated carbocycles. The lowest BCUT2D eigenvalue weighted by molar-refractivity contribution is -0.130. The summed E-state index contributed by atoms with van der Waals surface area (Å²) >= 11 is 0. The van der Waals surface area contributed by atoms with Crippen molar-refractivity contribution in [3.05, 3.63) is 0 Å². The molecule has 1 amide bonds. The molecule has 0 aromatic carbocycles. The van der Waals surface area contributed by atoms with Gasteiger partial charge in [0.1, 0.15) is 0 Å². The molecular weight excluding hydrogens is 204 g/mol. The zero-order valence-corrected chi connectivity index (χ0v) is 11.2. The quantitative estimate of drug-likeness (QED) is 0.739. The standard InChI is InChI=1S/C12H24N2O2/c1-8(2)7-11(14(5)6)12(16)13-9(3)10(4)15/h8-9,11H,7H2,1-6H3,(H,13,16). The maximum absolute atomic E-state index is 11.9. The summed E-state index contributed by atoms with van der Waals surface area (Å²) < 4.78 is 0. The Kier molecular flexibility index (Phi) is 6.26. The number of amides is 1. The number of ketones is 1. The van der Waals surface area contributed by atoms with Gasteiger partial charge in [0.15, 0.2) is 5.78 Å². The van der Waals surface area contributed by atoms with Gasteiger partial charge in [0.05, 0.1) is 12.1 Å². The third-order valence-electron chi connectivity index (χ3n) is 2.59. The fraction of sp³-hybridized carbons (Fsp3) is 0.833. The van der Waals surface area contributed by atoms with Gasteiger partial charge in [0.2, 0.25) is 5.91 Å². The average molecular weight is 228 g/mol. The fourth-order valence-electron chi connectivity index (χ4n) is 1.41. The molecule has 1 N–H and O–H groups in total. The molecule has 0 spiro atoms. The molecule has 94 valence electrons. The number of rotatable bonds is 6. The molecule has 0 radical (unpaired) electrons. The van der Waals surface area contributed by atoms with Gasteiger partial charge in [0, 0.05) is 0 Å². The first-order valence-electron chi connectivity index (χ1n) is 5.73. The van der Waals surface area contributed by atoms with Gasteiger partial charge in [-0.15, -0.1) is 0 Å². The summed E-state index contributed by atoms with van der Waals surface area (Å²) in [7, 11) is 3.76. The molecule has 4 heteroatoms. The van der Waals surface area contributed by atoms with Gasteiger partial charge in [-0.05, 0) is 40.3 Å². The van der Waals surface area contributed by atoms with Crippen LogP contribution in [-0.2, 0) is 9.59 Å². The second-order valence-electron chi connectivity index (χ2n) is 4.95. The molecule has 0 aliphatic carbocycles. The van der Waals surface area contributed by atoms with Crippen LogP contribution in [0.1, 0.15) is 34.1 Å². The minimum absolute atomic E-state index is 0.0181. The number of carbonyl (C=O) groups excluding carboxylic acids is 2. The zero-order valence-electron chi connectivity index (χ0n) is 11.2. The van der Waals surface area contributed by atoms with Crippen molar-refractivity contribution < 1.29 is 9.59 Å². The molecule has 0 aliphatic heterocycles. The Labute approximate surface area is 98.4 Å². The summed E-state index contributed by atoms with van der Waals surface area (Å²) in [6, 6.07) is -0.566. The minimum Gasteiger partial charge on any atom is -0.345 e. The van der Waals surface area contributed by atoms with Crippen molar-refractivity contribution in [2.45, 2.75) is 46.2 Å². The molecule has 0 saturated heterocycles. The van der Waals surface area contributed by atoms with E-state index in [4.69, 9.17) is 0 Å². The Balaban J connectivity index is 4.44. The Bertz CT molecular complexity index is 249. The van der Waals surface area contributed by atoms with Crippen LogP contribution >= 0.6 is 0 Å². The smallest absolute Gasteiger partial charge is 0.237 e. The lowest BCUT2D eigenvalue weighted by atomic mass is 10.0. The minimum atomic E-state index is -0.401. The molecule has 2 unspecified atom stereocenters. The normalized spacial score (nSPS) is 15.0. The molecule has 0 aliphatic rings. The van der Waals surface area contributed by atoms with E-state index in [1.54, 1.807) is 6.92 Å². The monoisotopic (exact) mass is 228 g/mol. The lowest BCUT2D eigenvalue weighted by Crippen LogP contribution is -2.48. The van der Waals surface area contributed by atoms with Gasteiger partial charge >= 0.3 is 0 Å². The van der Waals surface area contributed by atoms with Crippen molar-refractivity contribution >= 4 is 11.7 Å². The van der Waals surface area contributed by atoms with Crippen molar-refractivity contribution in [1.82, 2.24) is 10.2 Å². The van der Waals surface area contributed by atoms with E-state index in [9.17, 15) is 9.59 Å². The van der Waals surface area contributed by atoms with Crippen LogP contribution in [-0.4, -0.2) is 42.8 Å². The van der Waals surface area contributed by atoms with Crippen molar-refractivity contribution in [2.75, 3.05) is 14.1 Å². The number of Topliss-reactive ketones (excluding diaryl/α,β-unsaturated/α-hetero) is 1. The van der Waals surface area contributed by atoms with Crippen molar-refractivity contribution in [3.8, 4) is 0 Å². The van der Waals surface area contributed by atoms with Gasteiger partial charge in [-0.2, -0.15) is 0 Å². The predicted molar refractivity (Wildman–Crippen MR) is 65.2 cm³/mol. The first kappa shape index (κ1) is 15.1. The Morgan fingerprint density at radius 3 is 2.00 bits per heavy atom. The first-order chi connectivity index (χ1) is 7.25.